The van der Waals surface area contributed by atoms with Crippen LogP contribution in [0.1, 0.15) is 36.2 Å². The van der Waals surface area contributed by atoms with E-state index < -0.39 is 5.97 Å². The molecule has 3 N–H and O–H groups in total. The van der Waals surface area contributed by atoms with Gasteiger partial charge in [0.2, 0.25) is 5.91 Å². The van der Waals surface area contributed by atoms with E-state index in [-0.39, 0.29) is 5.91 Å². The molecule has 0 unspecified atom stereocenters. The van der Waals surface area contributed by atoms with Gasteiger partial charge in [-0.25, -0.2) is 4.79 Å². The molecule has 110 valence electrons. The summed E-state index contributed by atoms with van der Waals surface area (Å²) in [4.78, 5) is 22.6. The van der Waals surface area contributed by atoms with Gasteiger partial charge in [0.15, 0.2) is 0 Å². The molecule has 0 aliphatic heterocycles. The van der Waals surface area contributed by atoms with Crippen LogP contribution >= 0.6 is 0 Å². The smallest absolute Gasteiger partial charge is 0.335 e. The van der Waals surface area contributed by atoms with Crippen molar-refractivity contribution >= 4 is 11.9 Å². The van der Waals surface area contributed by atoms with Gasteiger partial charge in [0.25, 0.3) is 0 Å². The Morgan fingerprint density at radius 1 is 1.20 bits per heavy atom. The molecule has 0 saturated carbocycles. The Morgan fingerprint density at radius 3 is 2.55 bits per heavy atom. The van der Waals surface area contributed by atoms with Gasteiger partial charge in [-0.15, -0.1) is 0 Å². The Morgan fingerprint density at radius 2 is 1.90 bits per heavy atom. The first-order valence-corrected chi connectivity index (χ1v) is 6.82. The minimum atomic E-state index is -0.937. The lowest BCUT2D eigenvalue weighted by atomic mass is 10.0. The highest BCUT2D eigenvalue weighted by molar-refractivity contribution is 5.89. The lowest BCUT2D eigenvalue weighted by Crippen LogP contribution is -2.31. The van der Waals surface area contributed by atoms with E-state index in [0.29, 0.717) is 37.5 Å². The van der Waals surface area contributed by atoms with Crippen LogP contribution in [0.3, 0.4) is 0 Å². The molecule has 1 rings (SSSR count). The summed E-state index contributed by atoms with van der Waals surface area (Å²) in [5.74, 6) is -0.959. The van der Waals surface area contributed by atoms with Crippen molar-refractivity contribution in [2.45, 2.75) is 32.7 Å². The van der Waals surface area contributed by atoms with Crippen molar-refractivity contribution in [1.29, 1.82) is 0 Å². The maximum absolute atomic E-state index is 11.6. The molecule has 0 aromatic heterocycles. The number of carbonyl (C=O) groups is 2. The third-order valence-corrected chi connectivity index (χ3v) is 2.87. The van der Waals surface area contributed by atoms with Gasteiger partial charge in [-0.05, 0) is 18.1 Å². The van der Waals surface area contributed by atoms with Gasteiger partial charge in [0, 0.05) is 25.6 Å². The zero-order valence-corrected chi connectivity index (χ0v) is 12.0. The van der Waals surface area contributed by atoms with Crippen LogP contribution in [0.5, 0.6) is 0 Å². The Balaban J connectivity index is 2.34. The normalized spacial score (nSPS) is 10.6. The first-order chi connectivity index (χ1) is 9.50. The summed E-state index contributed by atoms with van der Waals surface area (Å²) in [6.07, 6.45) is 0.949. The Kier molecular flexibility index (Phi) is 6.73. The van der Waals surface area contributed by atoms with E-state index in [4.69, 9.17) is 5.11 Å². The van der Waals surface area contributed by atoms with Crippen molar-refractivity contribution in [3.8, 4) is 0 Å². The van der Waals surface area contributed by atoms with Crippen molar-refractivity contribution in [2.24, 2.45) is 0 Å². The molecule has 0 bridgehead atoms. The Bertz CT molecular complexity index is 458. The lowest BCUT2D eigenvalue weighted by Gasteiger charge is -2.09. The van der Waals surface area contributed by atoms with Crippen LogP contribution < -0.4 is 10.6 Å². The van der Waals surface area contributed by atoms with E-state index in [2.05, 4.69) is 10.6 Å². The number of benzene rings is 1. The molecule has 1 aromatic rings. The number of amides is 1. The molecular weight excluding hydrogens is 256 g/mol. The maximum atomic E-state index is 11.6. The molecule has 0 aliphatic carbocycles. The molecular formula is C15H22N2O3. The van der Waals surface area contributed by atoms with Crippen molar-refractivity contribution in [1.82, 2.24) is 10.6 Å². The second-order valence-corrected chi connectivity index (χ2v) is 4.92. The molecule has 1 amide bonds. The Labute approximate surface area is 119 Å². The summed E-state index contributed by atoms with van der Waals surface area (Å²) in [5, 5.41) is 15.0. The van der Waals surface area contributed by atoms with Gasteiger partial charge in [-0.1, -0.05) is 32.0 Å². The Hall–Kier alpha value is -1.88. The van der Waals surface area contributed by atoms with Crippen LogP contribution in [0, 0.1) is 0 Å². The topological polar surface area (TPSA) is 78.4 Å². The molecule has 0 saturated heterocycles. The minimum absolute atomic E-state index is 0.0223. The largest absolute Gasteiger partial charge is 0.478 e. The molecule has 0 aliphatic rings. The van der Waals surface area contributed by atoms with Crippen molar-refractivity contribution in [3.05, 3.63) is 35.4 Å². The van der Waals surface area contributed by atoms with E-state index >= 15 is 0 Å². The van der Waals surface area contributed by atoms with Crippen LogP contribution in [0.2, 0.25) is 0 Å². The highest BCUT2D eigenvalue weighted by atomic mass is 16.4. The molecule has 0 fully saturated rings. The van der Waals surface area contributed by atoms with Crippen molar-refractivity contribution < 1.29 is 14.7 Å². The third kappa shape index (κ3) is 5.84. The van der Waals surface area contributed by atoms with E-state index in [1.165, 1.54) is 0 Å². The quantitative estimate of drug-likeness (QED) is 0.672. The average molecular weight is 278 g/mol. The van der Waals surface area contributed by atoms with Crippen molar-refractivity contribution in [3.63, 3.8) is 0 Å². The number of hydrogen-bond donors (Lipinski definition) is 3. The summed E-state index contributed by atoms with van der Waals surface area (Å²) >= 11 is 0. The number of carbonyl (C=O) groups excluding carboxylic acids is 1. The standard InChI is InChI=1S/C15H22N2O3/c1-11(2)16-10-8-14(18)17-9-7-12-5-3-4-6-13(12)15(19)20/h3-6,11,16H,7-10H2,1-2H3,(H,17,18)(H,19,20). The monoisotopic (exact) mass is 278 g/mol. The fourth-order valence-electron chi connectivity index (χ4n) is 1.85. The zero-order chi connectivity index (χ0) is 15.0. The second-order valence-electron chi connectivity index (χ2n) is 4.92. The summed E-state index contributed by atoms with van der Waals surface area (Å²) < 4.78 is 0. The van der Waals surface area contributed by atoms with E-state index in [9.17, 15) is 9.59 Å². The molecule has 5 heteroatoms. The fraction of sp³-hybridized carbons (Fsp3) is 0.467. The summed E-state index contributed by atoms with van der Waals surface area (Å²) in [5.41, 5.74) is 1.03. The average Bonchev–Trinajstić information content (AvgIpc) is 2.38. The van der Waals surface area contributed by atoms with E-state index in [0.717, 1.165) is 5.56 Å². The number of nitrogens with one attached hydrogen (secondary N) is 2. The summed E-state index contributed by atoms with van der Waals surface area (Å²) in [7, 11) is 0. The predicted octanol–water partition coefficient (Wildman–Crippen LogP) is 1.43. The van der Waals surface area contributed by atoms with Gasteiger partial charge in [0.1, 0.15) is 0 Å². The minimum Gasteiger partial charge on any atom is -0.478 e. The van der Waals surface area contributed by atoms with Crippen LogP contribution in [-0.4, -0.2) is 36.1 Å². The number of carboxylic acid groups (broad SMARTS) is 1. The lowest BCUT2D eigenvalue weighted by molar-refractivity contribution is -0.120. The van der Waals surface area contributed by atoms with Crippen LogP contribution in [0.15, 0.2) is 24.3 Å². The first-order valence-electron chi connectivity index (χ1n) is 6.82. The molecule has 0 spiro atoms. The molecule has 5 nitrogen and oxygen atoms in total. The molecule has 0 heterocycles. The third-order valence-electron chi connectivity index (χ3n) is 2.87. The van der Waals surface area contributed by atoms with Crippen LogP contribution in [0.4, 0.5) is 0 Å². The first kappa shape index (κ1) is 16.2. The number of aromatic carboxylic acids is 1. The van der Waals surface area contributed by atoms with Gasteiger partial charge in [-0.2, -0.15) is 0 Å². The van der Waals surface area contributed by atoms with E-state index in [1.807, 2.05) is 13.8 Å². The summed E-state index contributed by atoms with van der Waals surface area (Å²) in [6, 6.07) is 7.21. The summed E-state index contributed by atoms with van der Waals surface area (Å²) in [6.45, 7) is 5.15. The second kappa shape index (κ2) is 8.32. The highest BCUT2D eigenvalue weighted by Gasteiger charge is 2.09. The number of rotatable bonds is 8. The highest BCUT2D eigenvalue weighted by Crippen LogP contribution is 2.08. The van der Waals surface area contributed by atoms with Gasteiger partial charge < -0.3 is 15.7 Å². The molecule has 0 radical (unpaired) electrons. The molecule has 20 heavy (non-hydrogen) atoms. The zero-order valence-electron chi connectivity index (χ0n) is 12.0. The maximum Gasteiger partial charge on any atom is 0.335 e. The molecule has 1 aromatic carbocycles. The van der Waals surface area contributed by atoms with Crippen LogP contribution in [0.25, 0.3) is 0 Å². The van der Waals surface area contributed by atoms with Crippen LogP contribution in [-0.2, 0) is 11.2 Å². The molecule has 0 atom stereocenters. The van der Waals surface area contributed by atoms with E-state index in [1.54, 1.807) is 24.3 Å². The number of hydrogen-bond acceptors (Lipinski definition) is 3. The predicted molar refractivity (Wildman–Crippen MR) is 77.9 cm³/mol. The number of carboxylic acids is 1. The van der Waals surface area contributed by atoms with Gasteiger partial charge in [-0.3, -0.25) is 4.79 Å². The van der Waals surface area contributed by atoms with Gasteiger partial charge >= 0.3 is 5.97 Å². The SMILES string of the molecule is CC(C)NCCC(=O)NCCc1ccccc1C(=O)O. The van der Waals surface area contributed by atoms with Gasteiger partial charge in [0.05, 0.1) is 5.56 Å². The van der Waals surface area contributed by atoms with Crippen molar-refractivity contribution in [2.75, 3.05) is 13.1 Å². The fourth-order valence-corrected chi connectivity index (χ4v) is 1.85.